The van der Waals surface area contributed by atoms with Gasteiger partial charge in [0.1, 0.15) is 6.33 Å². The van der Waals surface area contributed by atoms with Crippen LogP contribution in [-0.4, -0.2) is 38.0 Å². The highest BCUT2D eigenvalue weighted by atomic mass is 35.5. The Labute approximate surface area is 146 Å². The number of aromatic nitrogens is 5. The van der Waals surface area contributed by atoms with Gasteiger partial charge in [-0.3, -0.25) is 4.79 Å². The molecule has 0 bridgehead atoms. The Morgan fingerprint density at radius 1 is 1.40 bits per heavy atom. The first-order valence-electron chi connectivity index (χ1n) is 7.04. The second-order valence-corrected chi connectivity index (χ2v) is 5.41. The molecule has 1 aromatic carbocycles. The van der Waals surface area contributed by atoms with Crippen LogP contribution in [0.1, 0.15) is 5.69 Å². The lowest BCUT2D eigenvalue weighted by molar-refractivity contribution is -0.117. The lowest BCUT2D eigenvalue weighted by Gasteiger charge is -2.11. The first-order valence-corrected chi connectivity index (χ1v) is 7.41. The number of carbonyl (C=O) groups is 1. The predicted molar refractivity (Wildman–Crippen MR) is 86.8 cm³/mol. The number of halogens is 2. The monoisotopic (exact) mass is 362 g/mol. The SMILES string of the molecule is COc1cc(-c2c(-n3cc(CC(N)=O)nn3)ccc(Cl)c2F)ncn1. The number of nitrogens with two attached hydrogens (primary N) is 1. The van der Waals surface area contributed by atoms with Crippen molar-refractivity contribution in [1.82, 2.24) is 25.0 Å². The molecule has 128 valence electrons. The predicted octanol–water partition coefficient (Wildman–Crippen LogP) is 1.55. The Balaban J connectivity index is 2.16. The summed E-state index contributed by atoms with van der Waals surface area (Å²) in [4.78, 5) is 19.0. The third-order valence-corrected chi connectivity index (χ3v) is 3.62. The van der Waals surface area contributed by atoms with E-state index in [1.54, 1.807) is 6.07 Å². The van der Waals surface area contributed by atoms with E-state index in [4.69, 9.17) is 22.1 Å². The lowest BCUT2D eigenvalue weighted by Crippen LogP contribution is -2.13. The second kappa shape index (κ2) is 6.81. The molecule has 0 radical (unpaired) electrons. The maximum atomic E-state index is 14.7. The van der Waals surface area contributed by atoms with Crippen LogP contribution in [0.5, 0.6) is 5.88 Å². The van der Waals surface area contributed by atoms with E-state index in [0.29, 0.717) is 11.4 Å². The van der Waals surface area contributed by atoms with Crippen LogP contribution in [0.25, 0.3) is 16.9 Å². The summed E-state index contributed by atoms with van der Waals surface area (Å²) in [5, 5.41) is 7.69. The Bertz CT molecular complexity index is 946. The molecule has 2 N–H and O–H groups in total. The van der Waals surface area contributed by atoms with E-state index in [9.17, 15) is 9.18 Å². The number of methoxy groups -OCH3 is 1. The van der Waals surface area contributed by atoms with Crippen LogP contribution in [0, 0.1) is 5.82 Å². The first kappa shape index (κ1) is 16.8. The van der Waals surface area contributed by atoms with Gasteiger partial charge in [-0.25, -0.2) is 19.0 Å². The van der Waals surface area contributed by atoms with Crippen molar-refractivity contribution in [2.75, 3.05) is 7.11 Å². The van der Waals surface area contributed by atoms with Crippen LogP contribution >= 0.6 is 11.6 Å². The van der Waals surface area contributed by atoms with E-state index in [0.717, 1.165) is 0 Å². The van der Waals surface area contributed by atoms with Crippen LogP contribution in [0.4, 0.5) is 4.39 Å². The van der Waals surface area contributed by atoms with E-state index < -0.39 is 11.7 Å². The zero-order valence-electron chi connectivity index (χ0n) is 13.0. The van der Waals surface area contributed by atoms with Crippen LogP contribution in [0.3, 0.4) is 0 Å². The fourth-order valence-corrected chi connectivity index (χ4v) is 2.40. The highest BCUT2D eigenvalue weighted by Gasteiger charge is 2.19. The van der Waals surface area contributed by atoms with Crippen molar-refractivity contribution >= 4 is 17.5 Å². The number of nitrogens with zero attached hydrogens (tertiary/aromatic N) is 5. The number of hydrogen-bond acceptors (Lipinski definition) is 6. The molecule has 0 aliphatic heterocycles. The third kappa shape index (κ3) is 3.41. The van der Waals surface area contributed by atoms with Crippen LogP contribution in [-0.2, 0) is 11.2 Å². The number of benzene rings is 1. The molecule has 3 aromatic rings. The smallest absolute Gasteiger partial charge is 0.223 e. The molecule has 10 heteroatoms. The van der Waals surface area contributed by atoms with Gasteiger partial charge in [-0.05, 0) is 12.1 Å². The molecule has 8 nitrogen and oxygen atoms in total. The topological polar surface area (TPSA) is 109 Å². The van der Waals surface area contributed by atoms with Gasteiger partial charge in [0.25, 0.3) is 0 Å². The molecule has 0 unspecified atom stereocenters. The highest BCUT2D eigenvalue weighted by Crippen LogP contribution is 2.33. The van der Waals surface area contributed by atoms with Crippen molar-refractivity contribution in [3.8, 4) is 22.8 Å². The molecule has 0 fully saturated rings. The van der Waals surface area contributed by atoms with Crippen molar-refractivity contribution in [2.45, 2.75) is 6.42 Å². The van der Waals surface area contributed by atoms with Gasteiger partial charge in [0.15, 0.2) is 5.82 Å². The maximum absolute atomic E-state index is 14.7. The van der Waals surface area contributed by atoms with Gasteiger partial charge >= 0.3 is 0 Å². The number of amides is 1. The van der Waals surface area contributed by atoms with E-state index >= 15 is 0 Å². The zero-order chi connectivity index (χ0) is 18.0. The lowest BCUT2D eigenvalue weighted by atomic mass is 10.1. The summed E-state index contributed by atoms with van der Waals surface area (Å²) in [6.07, 6.45) is 2.65. The van der Waals surface area contributed by atoms with Crippen molar-refractivity contribution < 1.29 is 13.9 Å². The third-order valence-electron chi connectivity index (χ3n) is 3.32. The molecule has 0 aliphatic carbocycles. The van der Waals surface area contributed by atoms with Crippen LogP contribution in [0.2, 0.25) is 5.02 Å². The summed E-state index contributed by atoms with van der Waals surface area (Å²) in [5.41, 5.74) is 6.20. The first-order chi connectivity index (χ1) is 12.0. The Kier molecular flexibility index (Phi) is 4.57. The average molecular weight is 363 g/mol. The standard InChI is InChI=1S/C15H12ClFN6O2/c1-25-13-5-10(19-7-20-13)14-11(3-2-9(16)15(14)17)23-6-8(21-22-23)4-12(18)24/h2-3,5-7H,4H2,1H3,(H2,18,24). The van der Waals surface area contributed by atoms with Crippen molar-refractivity contribution in [3.05, 3.63) is 47.3 Å². The molecule has 25 heavy (non-hydrogen) atoms. The summed E-state index contributed by atoms with van der Waals surface area (Å²) >= 11 is 5.91. The largest absolute Gasteiger partial charge is 0.481 e. The minimum absolute atomic E-state index is 0.0752. The minimum atomic E-state index is -0.674. The highest BCUT2D eigenvalue weighted by molar-refractivity contribution is 6.31. The summed E-state index contributed by atoms with van der Waals surface area (Å²) < 4.78 is 21.1. The van der Waals surface area contributed by atoms with E-state index in [1.165, 1.54) is 36.4 Å². The second-order valence-electron chi connectivity index (χ2n) is 5.00. The van der Waals surface area contributed by atoms with Gasteiger partial charge in [0.05, 0.1) is 47.4 Å². The molecule has 1 amide bonds. The molecule has 0 saturated heterocycles. The molecule has 0 aliphatic rings. The zero-order valence-corrected chi connectivity index (χ0v) is 13.7. The van der Waals surface area contributed by atoms with Gasteiger partial charge in [0, 0.05) is 6.07 Å². The van der Waals surface area contributed by atoms with E-state index in [-0.39, 0.29) is 28.6 Å². The van der Waals surface area contributed by atoms with Gasteiger partial charge < -0.3 is 10.5 Å². The van der Waals surface area contributed by atoms with Gasteiger partial charge in [-0.1, -0.05) is 16.8 Å². The van der Waals surface area contributed by atoms with Gasteiger partial charge in [-0.15, -0.1) is 5.10 Å². The van der Waals surface area contributed by atoms with E-state index in [2.05, 4.69) is 20.3 Å². The molecule has 3 rings (SSSR count). The van der Waals surface area contributed by atoms with Crippen LogP contribution < -0.4 is 10.5 Å². The summed E-state index contributed by atoms with van der Waals surface area (Å²) in [6.45, 7) is 0. The van der Waals surface area contributed by atoms with Crippen molar-refractivity contribution in [2.24, 2.45) is 5.73 Å². The number of primary amides is 1. The van der Waals surface area contributed by atoms with Crippen molar-refractivity contribution in [1.29, 1.82) is 0 Å². The fraction of sp³-hybridized carbons (Fsp3) is 0.133. The van der Waals surface area contributed by atoms with Crippen molar-refractivity contribution in [3.63, 3.8) is 0 Å². The molecule has 0 spiro atoms. The molecule has 2 heterocycles. The summed E-state index contributed by atoms with van der Waals surface area (Å²) in [5.74, 6) is -0.953. The Morgan fingerprint density at radius 2 is 2.20 bits per heavy atom. The summed E-state index contributed by atoms with van der Waals surface area (Å²) in [7, 11) is 1.44. The van der Waals surface area contributed by atoms with Gasteiger partial charge in [0.2, 0.25) is 11.8 Å². The van der Waals surface area contributed by atoms with Crippen LogP contribution in [0.15, 0.2) is 30.7 Å². The quantitative estimate of drug-likeness (QED) is 0.737. The molecule has 0 atom stereocenters. The minimum Gasteiger partial charge on any atom is -0.481 e. The number of rotatable bonds is 5. The Hall–Kier alpha value is -3.07. The molecular formula is C15H12ClFN6O2. The normalized spacial score (nSPS) is 10.7. The van der Waals surface area contributed by atoms with Gasteiger partial charge in [-0.2, -0.15) is 0 Å². The Morgan fingerprint density at radius 3 is 2.92 bits per heavy atom. The average Bonchev–Trinajstić information content (AvgIpc) is 3.04. The number of carbonyl (C=O) groups excluding carboxylic acids is 1. The molecule has 2 aromatic heterocycles. The van der Waals surface area contributed by atoms with E-state index in [1.807, 2.05) is 0 Å². The fourth-order valence-electron chi connectivity index (χ4n) is 2.24. The maximum Gasteiger partial charge on any atom is 0.223 e. The molecular weight excluding hydrogens is 351 g/mol. The molecule has 0 saturated carbocycles. The summed E-state index contributed by atoms with van der Waals surface area (Å²) in [6, 6.07) is 4.43. The number of hydrogen-bond donors (Lipinski definition) is 1. The number of ether oxygens (including phenoxy) is 1.